The Bertz CT molecular complexity index is 1870. The lowest BCUT2D eigenvalue weighted by atomic mass is 9.99. The first-order valence-electron chi connectivity index (χ1n) is 19.7. The van der Waals surface area contributed by atoms with Crippen molar-refractivity contribution in [3.63, 3.8) is 0 Å². The molecule has 4 saturated heterocycles. The SMILES string of the molecule is Cc1ccc(CC(=O)N[C@@H](Cc2cc(F)cc(F)c2)C(=O)N[C@@H]2C(=O)N3CCC[C@H]3C(=O)N3CCCC[C@H]3C(=O)N[C@@H](C)C(=O)N3CCC[C@H]3C(=O)O[C@H]2C)cc1. The number of amides is 6. The second-order valence-corrected chi connectivity index (χ2v) is 15.5. The van der Waals surface area contributed by atoms with Crippen molar-refractivity contribution in [1.29, 1.82) is 0 Å². The summed E-state index contributed by atoms with van der Waals surface area (Å²) in [5, 5.41) is 8.06. The van der Waals surface area contributed by atoms with E-state index in [1.54, 1.807) is 12.1 Å². The van der Waals surface area contributed by atoms with E-state index in [4.69, 9.17) is 4.74 Å². The first-order chi connectivity index (χ1) is 27.2. The van der Waals surface area contributed by atoms with Crippen LogP contribution in [-0.4, -0.2) is 118 Å². The van der Waals surface area contributed by atoms with Gasteiger partial charge in [0.25, 0.3) is 0 Å². The zero-order valence-corrected chi connectivity index (χ0v) is 32.4. The minimum absolute atomic E-state index is 0.0534. The normalized spacial score (nSPS) is 26.5. The maximum Gasteiger partial charge on any atom is 0.329 e. The molecule has 4 aliphatic heterocycles. The van der Waals surface area contributed by atoms with E-state index in [1.165, 1.54) is 28.5 Å². The van der Waals surface area contributed by atoms with E-state index < -0.39 is 95.4 Å². The molecule has 2 aromatic carbocycles. The van der Waals surface area contributed by atoms with Crippen LogP contribution in [0.1, 0.15) is 75.5 Å². The van der Waals surface area contributed by atoms with E-state index in [1.807, 2.05) is 19.1 Å². The van der Waals surface area contributed by atoms with Crippen LogP contribution in [0.2, 0.25) is 0 Å². The Kier molecular flexibility index (Phi) is 12.9. The maximum absolute atomic E-state index is 14.6. The van der Waals surface area contributed by atoms with Gasteiger partial charge in [-0.2, -0.15) is 0 Å². The lowest BCUT2D eigenvalue weighted by Gasteiger charge is -2.39. The third-order valence-corrected chi connectivity index (χ3v) is 11.3. The highest BCUT2D eigenvalue weighted by Gasteiger charge is 2.46. The van der Waals surface area contributed by atoms with Crippen LogP contribution in [0.3, 0.4) is 0 Å². The van der Waals surface area contributed by atoms with E-state index in [0.29, 0.717) is 43.7 Å². The minimum atomic E-state index is -1.59. The summed E-state index contributed by atoms with van der Waals surface area (Å²) in [7, 11) is 0. The van der Waals surface area contributed by atoms with Gasteiger partial charge in [-0.1, -0.05) is 29.8 Å². The van der Waals surface area contributed by atoms with Crippen LogP contribution in [0.15, 0.2) is 42.5 Å². The molecule has 0 radical (unpaired) electrons. The molecular formula is C41H50F2N6O8. The predicted molar refractivity (Wildman–Crippen MR) is 201 cm³/mol. The Labute approximate surface area is 330 Å². The molecule has 0 spiro atoms. The molecule has 6 amide bonds. The number of esters is 1. The molecule has 7 atom stereocenters. The summed E-state index contributed by atoms with van der Waals surface area (Å²) >= 11 is 0. The van der Waals surface area contributed by atoms with Crippen LogP contribution < -0.4 is 16.0 Å². The summed E-state index contributed by atoms with van der Waals surface area (Å²) in [5.41, 5.74) is 1.68. The van der Waals surface area contributed by atoms with Gasteiger partial charge in [0, 0.05) is 32.1 Å². The Morgan fingerprint density at radius 1 is 0.772 bits per heavy atom. The Balaban J connectivity index is 1.33. The number of rotatable bonds is 7. The first kappa shape index (κ1) is 41.2. The first-order valence-corrected chi connectivity index (χ1v) is 19.7. The van der Waals surface area contributed by atoms with Gasteiger partial charge < -0.3 is 35.4 Å². The third kappa shape index (κ3) is 9.59. The molecule has 2 aromatic rings. The number of nitrogens with one attached hydrogen (secondary N) is 3. The highest BCUT2D eigenvalue weighted by molar-refractivity contribution is 5.98. The molecule has 16 heteroatoms. The van der Waals surface area contributed by atoms with E-state index in [0.717, 1.165) is 17.7 Å². The number of nitrogens with zero attached hydrogens (tertiary/aromatic N) is 3. The van der Waals surface area contributed by atoms with Crippen molar-refractivity contribution in [2.75, 3.05) is 19.6 Å². The Morgan fingerprint density at radius 3 is 2.05 bits per heavy atom. The molecular weight excluding hydrogens is 742 g/mol. The predicted octanol–water partition coefficient (Wildman–Crippen LogP) is 1.84. The van der Waals surface area contributed by atoms with Crippen LogP contribution in [0.25, 0.3) is 0 Å². The van der Waals surface area contributed by atoms with Gasteiger partial charge in [0.2, 0.25) is 35.4 Å². The van der Waals surface area contributed by atoms with Gasteiger partial charge in [-0.25, -0.2) is 13.6 Å². The lowest BCUT2D eigenvalue weighted by Crippen LogP contribution is -2.63. The van der Waals surface area contributed by atoms with E-state index >= 15 is 0 Å². The number of piperidine rings is 1. The molecule has 0 bridgehead atoms. The number of ether oxygens (including phenoxy) is 1. The molecule has 4 fully saturated rings. The summed E-state index contributed by atoms with van der Waals surface area (Å²) in [5.74, 6) is -6.29. The van der Waals surface area contributed by atoms with Crippen molar-refractivity contribution in [1.82, 2.24) is 30.7 Å². The standard InChI is InChI=1S/C41H50F2N6O8/c1-23-11-13-26(14-12-23)21-34(50)45-30(20-27-18-28(42)22-29(43)19-27)36(51)46-35-25(3)57-41(56)33-10-7-17-49(33)38(53)24(2)44-37(52)31-8-4-5-15-47(31)39(54)32-9-6-16-48(32)40(35)55/h11-14,18-19,22,24-25,30-33,35H,4-10,15-17,20-21H2,1-3H3,(H,44,52)(H,45,50)(H,46,51)/t24-,25-,30-,31-,32-,33-,35-/m0/s1. The molecule has 0 aliphatic carbocycles. The van der Waals surface area contributed by atoms with Crippen LogP contribution in [-0.2, 0) is 51.1 Å². The van der Waals surface area contributed by atoms with Crippen molar-refractivity contribution >= 4 is 41.4 Å². The van der Waals surface area contributed by atoms with Crippen LogP contribution in [0.4, 0.5) is 8.78 Å². The number of hydrogen-bond acceptors (Lipinski definition) is 8. The number of carbonyl (C=O) groups excluding carboxylic acids is 7. The Hall–Kier alpha value is -5.41. The van der Waals surface area contributed by atoms with Gasteiger partial charge in [-0.3, -0.25) is 28.8 Å². The summed E-state index contributed by atoms with van der Waals surface area (Å²) in [6.45, 7) is 5.45. The molecule has 4 aliphatic rings. The summed E-state index contributed by atoms with van der Waals surface area (Å²) in [6.07, 6.45) is 1.30. The number of aryl methyl sites for hydroxylation is 1. The molecule has 0 unspecified atom stereocenters. The highest BCUT2D eigenvalue weighted by Crippen LogP contribution is 2.27. The van der Waals surface area contributed by atoms with Gasteiger partial charge in [-0.05, 0) is 89.0 Å². The number of carbonyl (C=O) groups is 7. The molecule has 57 heavy (non-hydrogen) atoms. The van der Waals surface area contributed by atoms with Crippen molar-refractivity contribution in [2.45, 2.75) is 121 Å². The van der Waals surface area contributed by atoms with Crippen LogP contribution >= 0.6 is 0 Å². The number of hydrogen-bond donors (Lipinski definition) is 3. The molecule has 0 saturated carbocycles. The van der Waals surface area contributed by atoms with Gasteiger partial charge in [0.05, 0.1) is 6.42 Å². The largest absolute Gasteiger partial charge is 0.458 e. The maximum atomic E-state index is 14.6. The topological polar surface area (TPSA) is 175 Å². The van der Waals surface area contributed by atoms with Crippen molar-refractivity contribution < 1.29 is 47.1 Å². The molecule has 6 rings (SSSR count). The number of halogens is 2. The fourth-order valence-electron chi connectivity index (χ4n) is 8.29. The average Bonchev–Trinajstić information content (AvgIpc) is 3.87. The second kappa shape index (κ2) is 17.8. The smallest absolute Gasteiger partial charge is 0.329 e. The van der Waals surface area contributed by atoms with Crippen molar-refractivity contribution in [2.24, 2.45) is 0 Å². The minimum Gasteiger partial charge on any atom is -0.458 e. The Morgan fingerprint density at radius 2 is 1.37 bits per heavy atom. The fraction of sp³-hybridized carbons (Fsp3) is 0.537. The molecule has 4 heterocycles. The molecule has 306 valence electrons. The average molecular weight is 793 g/mol. The van der Waals surface area contributed by atoms with Gasteiger partial charge in [0.15, 0.2) is 0 Å². The third-order valence-electron chi connectivity index (χ3n) is 11.3. The number of benzene rings is 2. The lowest BCUT2D eigenvalue weighted by molar-refractivity contribution is -0.163. The molecule has 14 nitrogen and oxygen atoms in total. The fourth-order valence-corrected chi connectivity index (χ4v) is 8.29. The highest BCUT2D eigenvalue weighted by atomic mass is 19.1. The van der Waals surface area contributed by atoms with E-state index in [9.17, 15) is 42.3 Å². The quantitative estimate of drug-likeness (QED) is 0.357. The van der Waals surface area contributed by atoms with E-state index in [2.05, 4.69) is 16.0 Å². The van der Waals surface area contributed by atoms with Crippen molar-refractivity contribution in [3.05, 3.63) is 70.8 Å². The van der Waals surface area contributed by atoms with Crippen LogP contribution in [0, 0.1) is 18.6 Å². The molecule has 0 aromatic heterocycles. The monoisotopic (exact) mass is 792 g/mol. The van der Waals surface area contributed by atoms with Crippen molar-refractivity contribution in [3.8, 4) is 0 Å². The summed E-state index contributed by atoms with van der Waals surface area (Å²) < 4.78 is 34.5. The summed E-state index contributed by atoms with van der Waals surface area (Å²) in [4.78, 5) is 102. The van der Waals surface area contributed by atoms with Gasteiger partial charge >= 0.3 is 5.97 Å². The summed E-state index contributed by atoms with van der Waals surface area (Å²) in [6, 6.07) is 2.95. The molecule has 3 N–H and O–H groups in total. The van der Waals surface area contributed by atoms with Gasteiger partial charge in [-0.15, -0.1) is 0 Å². The number of fused-ring (bicyclic) bond motifs is 3. The number of cyclic esters (lactones) is 1. The second-order valence-electron chi connectivity index (χ2n) is 15.5. The van der Waals surface area contributed by atoms with Crippen LogP contribution in [0.5, 0.6) is 0 Å². The zero-order valence-electron chi connectivity index (χ0n) is 32.4. The van der Waals surface area contributed by atoms with E-state index in [-0.39, 0.29) is 50.9 Å². The zero-order chi connectivity index (χ0) is 41.0. The van der Waals surface area contributed by atoms with Gasteiger partial charge in [0.1, 0.15) is 54.0 Å².